The number of amides is 1. The van der Waals surface area contributed by atoms with E-state index in [1.54, 1.807) is 0 Å². The molecule has 1 aliphatic heterocycles. The third kappa shape index (κ3) is 3.20. The normalized spacial score (nSPS) is 20.7. The molecule has 0 radical (unpaired) electrons. The third-order valence-electron chi connectivity index (χ3n) is 3.33. The Morgan fingerprint density at radius 2 is 1.67 bits per heavy atom. The summed E-state index contributed by atoms with van der Waals surface area (Å²) in [5.74, 6) is 0.443. The molecule has 3 heteroatoms. The van der Waals surface area contributed by atoms with Crippen LogP contribution in [0.15, 0.2) is 0 Å². The van der Waals surface area contributed by atoms with E-state index in [1.807, 2.05) is 18.7 Å². The average Bonchev–Trinajstić information content (AvgIpc) is 2.27. The van der Waals surface area contributed by atoms with Crippen molar-refractivity contribution < 1.29 is 4.79 Å². The number of carbonyl (C=O) groups excluding carboxylic acids is 1. The summed E-state index contributed by atoms with van der Waals surface area (Å²) in [6.45, 7) is 12.3. The van der Waals surface area contributed by atoms with Crippen LogP contribution < -0.4 is 0 Å². The molecule has 1 saturated heterocycles. The summed E-state index contributed by atoms with van der Waals surface area (Å²) in [6.07, 6.45) is 1.19. The molecule has 1 atom stereocenters. The highest BCUT2D eigenvalue weighted by molar-refractivity contribution is 5.78. The number of rotatable bonds is 3. The van der Waals surface area contributed by atoms with Gasteiger partial charge in [-0.3, -0.25) is 9.69 Å². The Morgan fingerprint density at radius 1 is 1.13 bits per heavy atom. The Hall–Kier alpha value is -0.570. The SMILES string of the molecule is CCC(C)N1CCN(C(=O)C(C)C)CC1. The van der Waals surface area contributed by atoms with Gasteiger partial charge in [-0.2, -0.15) is 0 Å². The number of hydrogen-bond donors (Lipinski definition) is 0. The van der Waals surface area contributed by atoms with Gasteiger partial charge in [-0.05, 0) is 13.3 Å². The van der Waals surface area contributed by atoms with Crippen molar-refractivity contribution in [3.05, 3.63) is 0 Å². The molecule has 0 spiro atoms. The standard InChI is InChI=1S/C12H24N2O/c1-5-11(4)13-6-8-14(9-7-13)12(15)10(2)3/h10-11H,5-9H2,1-4H3. The number of carbonyl (C=O) groups is 1. The van der Waals surface area contributed by atoms with Crippen molar-refractivity contribution >= 4 is 5.91 Å². The molecular weight excluding hydrogens is 188 g/mol. The minimum atomic E-state index is 0.139. The van der Waals surface area contributed by atoms with Gasteiger partial charge in [-0.1, -0.05) is 20.8 Å². The van der Waals surface area contributed by atoms with E-state index in [0.717, 1.165) is 26.2 Å². The highest BCUT2D eigenvalue weighted by Crippen LogP contribution is 2.10. The van der Waals surface area contributed by atoms with Crippen molar-refractivity contribution in [3.8, 4) is 0 Å². The predicted molar refractivity (Wildman–Crippen MR) is 62.7 cm³/mol. The van der Waals surface area contributed by atoms with E-state index in [4.69, 9.17) is 0 Å². The molecule has 1 rings (SSSR count). The van der Waals surface area contributed by atoms with Gasteiger partial charge in [0.05, 0.1) is 0 Å². The van der Waals surface area contributed by atoms with Gasteiger partial charge in [0, 0.05) is 38.1 Å². The van der Waals surface area contributed by atoms with E-state index in [1.165, 1.54) is 6.42 Å². The van der Waals surface area contributed by atoms with Crippen LogP contribution in [0.3, 0.4) is 0 Å². The molecule has 0 bridgehead atoms. The van der Waals surface area contributed by atoms with E-state index in [9.17, 15) is 4.79 Å². The number of nitrogens with zero attached hydrogens (tertiary/aromatic N) is 2. The van der Waals surface area contributed by atoms with Crippen LogP contribution in [0.2, 0.25) is 0 Å². The molecule has 15 heavy (non-hydrogen) atoms. The predicted octanol–water partition coefficient (Wildman–Crippen LogP) is 1.59. The van der Waals surface area contributed by atoms with Crippen LogP contribution in [0, 0.1) is 5.92 Å². The van der Waals surface area contributed by atoms with Crippen LogP contribution in [0.4, 0.5) is 0 Å². The Bertz CT molecular complexity index is 208. The maximum absolute atomic E-state index is 11.8. The highest BCUT2D eigenvalue weighted by Gasteiger charge is 2.24. The molecule has 3 nitrogen and oxygen atoms in total. The summed E-state index contributed by atoms with van der Waals surface area (Å²) in [4.78, 5) is 16.2. The fourth-order valence-electron chi connectivity index (χ4n) is 2.01. The molecule has 0 aromatic heterocycles. The maximum atomic E-state index is 11.8. The Morgan fingerprint density at radius 3 is 2.07 bits per heavy atom. The fourth-order valence-corrected chi connectivity index (χ4v) is 2.01. The summed E-state index contributed by atoms with van der Waals surface area (Å²) >= 11 is 0. The molecule has 1 amide bonds. The second-order valence-electron chi connectivity index (χ2n) is 4.77. The lowest BCUT2D eigenvalue weighted by Crippen LogP contribution is -2.52. The molecular formula is C12H24N2O. The second-order valence-corrected chi connectivity index (χ2v) is 4.77. The van der Waals surface area contributed by atoms with E-state index in [2.05, 4.69) is 18.7 Å². The maximum Gasteiger partial charge on any atom is 0.225 e. The Kier molecular flexibility index (Phi) is 4.58. The second kappa shape index (κ2) is 5.50. The van der Waals surface area contributed by atoms with E-state index in [0.29, 0.717) is 11.9 Å². The van der Waals surface area contributed by atoms with Gasteiger partial charge in [0.1, 0.15) is 0 Å². The zero-order valence-corrected chi connectivity index (χ0v) is 10.5. The van der Waals surface area contributed by atoms with Gasteiger partial charge >= 0.3 is 0 Å². The minimum absolute atomic E-state index is 0.139. The first-order valence-electron chi connectivity index (χ1n) is 6.09. The fraction of sp³-hybridized carbons (Fsp3) is 0.917. The van der Waals surface area contributed by atoms with Crippen LogP contribution in [0.1, 0.15) is 34.1 Å². The van der Waals surface area contributed by atoms with Gasteiger partial charge in [0.25, 0.3) is 0 Å². The molecule has 1 unspecified atom stereocenters. The van der Waals surface area contributed by atoms with Gasteiger partial charge in [-0.25, -0.2) is 0 Å². The van der Waals surface area contributed by atoms with E-state index >= 15 is 0 Å². The summed E-state index contributed by atoms with van der Waals surface area (Å²) in [6, 6.07) is 0.654. The molecule has 0 saturated carbocycles. The van der Waals surface area contributed by atoms with Gasteiger partial charge in [0.2, 0.25) is 5.91 Å². The summed E-state index contributed by atoms with van der Waals surface area (Å²) < 4.78 is 0. The molecule has 0 N–H and O–H groups in total. The lowest BCUT2D eigenvalue weighted by Gasteiger charge is -2.38. The van der Waals surface area contributed by atoms with Crippen molar-refractivity contribution in [2.75, 3.05) is 26.2 Å². The quantitative estimate of drug-likeness (QED) is 0.709. The molecule has 1 aliphatic rings. The summed E-state index contributed by atoms with van der Waals surface area (Å²) in [5, 5.41) is 0. The minimum Gasteiger partial charge on any atom is -0.340 e. The van der Waals surface area contributed by atoms with Crippen LogP contribution in [-0.4, -0.2) is 47.9 Å². The van der Waals surface area contributed by atoms with E-state index in [-0.39, 0.29) is 5.92 Å². The van der Waals surface area contributed by atoms with Crippen molar-refractivity contribution in [1.82, 2.24) is 9.80 Å². The first kappa shape index (κ1) is 12.5. The third-order valence-corrected chi connectivity index (χ3v) is 3.33. The molecule has 0 aromatic rings. The molecule has 0 aliphatic carbocycles. The van der Waals surface area contributed by atoms with Crippen molar-refractivity contribution in [3.63, 3.8) is 0 Å². The van der Waals surface area contributed by atoms with Gasteiger partial charge < -0.3 is 4.90 Å². The van der Waals surface area contributed by atoms with Gasteiger partial charge in [0.15, 0.2) is 0 Å². The summed E-state index contributed by atoms with van der Waals surface area (Å²) in [5.41, 5.74) is 0. The molecule has 1 heterocycles. The molecule has 88 valence electrons. The monoisotopic (exact) mass is 212 g/mol. The van der Waals surface area contributed by atoms with Crippen molar-refractivity contribution in [1.29, 1.82) is 0 Å². The zero-order valence-electron chi connectivity index (χ0n) is 10.5. The zero-order chi connectivity index (χ0) is 11.4. The topological polar surface area (TPSA) is 23.6 Å². The summed E-state index contributed by atoms with van der Waals surface area (Å²) in [7, 11) is 0. The Balaban J connectivity index is 2.39. The van der Waals surface area contributed by atoms with Crippen molar-refractivity contribution in [2.24, 2.45) is 5.92 Å². The number of piperazine rings is 1. The smallest absolute Gasteiger partial charge is 0.225 e. The number of hydrogen-bond acceptors (Lipinski definition) is 2. The van der Waals surface area contributed by atoms with Crippen LogP contribution in [0.25, 0.3) is 0 Å². The van der Waals surface area contributed by atoms with E-state index < -0.39 is 0 Å². The van der Waals surface area contributed by atoms with Crippen LogP contribution in [0.5, 0.6) is 0 Å². The van der Waals surface area contributed by atoms with Gasteiger partial charge in [-0.15, -0.1) is 0 Å². The Labute approximate surface area is 93.4 Å². The van der Waals surface area contributed by atoms with Crippen molar-refractivity contribution in [2.45, 2.75) is 40.2 Å². The lowest BCUT2D eigenvalue weighted by molar-refractivity contribution is -0.136. The highest BCUT2D eigenvalue weighted by atomic mass is 16.2. The average molecular weight is 212 g/mol. The van der Waals surface area contributed by atoms with Crippen LogP contribution >= 0.6 is 0 Å². The first-order chi connectivity index (χ1) is 7.06. The van der Waals surface area contributed by atoms with Crippen LogP contribution in [-0.2, 0) is 4.79 Å². The lowest BCUT2D eigenvalue weighted by atomic mass is 10.1. The largest absolute Gasteiger partial charge is 0.340 e. The first-order valence-corrected chi connectivity index (χ1v) is 6.09. The molecule has 1 fully saturated rings. The molecule has 0 aromatic carbocycles.